The van der Waals surface area contributed by atoms with E-state index in [4.69, 9.17) is 11.0 Å². The van der Waals surface area contributed by atoms with Crippen LogP contribution in [0.15, 0.2) is 0 Å². The van der Waals surface area contributed by atoms with Crippen LogP contribution in [-0.2, 0) is 0 Å². The average Bonchev–Trinajstić information content (AvgIpc) is 2.94. The molecule has 0 bridgehead atoms. The van der Waals surface area contributed by atoms with Crippen LogP contribution >= 0.6 is 0 Å². The normalized spacial score (nSPS) is 19.8. The molecule has 92 valence electrons. The molecule has 1 atom stereocenters. The number of hydrogen-bond donors (Lipinski definition) is 1. The maximum atomic E-state index is 8.76. The highest BCUT2D eigenvalue weighted by atomic mass is 15.1. The molecule has 1 saturated carbocycles. The zero-order chi connectivity index (χ0) is 12.2. The molecule has 0 heterocycles. The maximum absolute atomic E-state index is 8.76. The van der Waals surface area contributed by atoms with Gasteiger partial charge in [0.2, 0.25) is 0 Å². The molecule has 2 N–H and O–H groups in total. The summed E-state index contributed by atoms with van der Waals surface area (Å²) < 4.78 is 0. The average molecular weight is 223 g/mol. The highest BCUT2D eigenvalue weighted by Crippen LogP contribution is 2.48. The summed E-state index contributed by atoms with van der Waals surface area (Å²) in [4.78, 5) is 2.34. The van der Waals surface area contributed by atoms with Crippen LogP contribution in [0, 0.1) is 22.7 Å². The summed E-state index contributed by atoms with van der Waals surface area (Å²) in [5.41, 5.74) is 6.35. The summed E-state index contributed by atoms with van der Waals surface area (Å²) in [6, 6.07) is 2.61. The lowest BCUT2D eigenvalue weighted by Gasteiger charge is -2.24. The summed E-state index contributed by atoms with van der Waals surface area (Å²) in [6.07, 6.45) is 4.21. The van der Waals surface area contributed by atoms with E-state index in [1.165, 1.54) is 12.8 Å². The van der Waals surface area contributed by atoms with Gasteiger partial charge < -0.3 is 10.6 Å². The molecule has 0 spiro atoms. The van der Waals surface area contributed by atoms with Crippen LogP contribution < -0.4 is 5.73 Å². The SMILES string of the molecule is CC(C)C(N)CCN(C)CC1(CC#N)CC1. The Labute approximate surface area is 99.6 Å². The van der Waals surface area contributed by atoms with Gasteiger partial charge in [0, 0.05) is 19.0 Å². The first-order valence-electron chi connectivity index (χ1n) is 6.30. The van der Waals surface area contributed by atoms with Crippen LogP contribution in [0.3, 0.4) is 0 Å². The van der Waals surface area contributed by atoms with Crippen LogP contribution in [0.2, 0.25) is 0 Å². The summed E-state index contributed by atoms with van der Waals surface area (Å²) in [6.45, 7) is 6.45. The third-order valence-corrected chi connectivity index (χ3v) is 3.72. The lowest BCUT2D eigenvalue weighted by Crippen LogP contribution is -2.34. The van der Waals surface area contributed by atoms with Crippen molar-refractivity contribution in [1.29, 1.82) is 5.26 Å². The van der Waals surface area contributed by atoms with Gasteiger partial charge in [-0.15, -0.1) is 0 Å². The second-order valence-corrected chi connectivity index (χ2v) is 5.77. The second-order valence-electron chi connectivity index (χ2n) is 5.77. The van der Waals surface area contributed by atoms with Gasteiger partial charge in [-0.1, -0.05) is 13.8 Å². The first-order chi connectivity index (χ1) is 7.49. The molecule has 0 radical (unpaired) electrons. The Kier molecular flexibility index (Phi) is 4.76. The van der Waals surface area contributed by atoms with Gasteiger partial charge in [-0.3, -0.25) is 0 Å². The van der Waals surface area contributed by atoms with Crippen LogP contribution in [0.4, 0.5) is 0 Å². The van der Waals surface area contributed by atoms with Crippen molar-refractivity contribution < 1.29 is 0 Å². The Bertz CT molecular complexity index is 250. The third-order valence-electron chi connectivity index (χ3n) is 3.72. The van der Waals surface area contributed by atoms with Crippen molar-refractivity contribution in [3.63, 3.8) is 0 Å². The van der Waals surface area contributed by atoms with E-state index in [1.807, 2.05) is 0 Å². The zero-order valence-electron chi connectivity index (χ0n) is 10.9. The van der Waals surface area contributed by atoms with Gasteiger partial charge in [0.1, 0.15) is 0 Å². The highest BCUT2D eigenvalue weighted by Gasteiger charge is 2.42. The molecule has 1 rings (SSSR count). The number of hydrogen-bond acceptors (Lipinski definition) is 3. The van der Waals surface area contributed by atoms with Crippen molar-refractivity contribution in [3.05, 3.63) is 0 Å². The molecule has 0 aromatic rings. The molecule has 1 aliphatic rings. The lowest BCUT2D eigenvalue weighted by molar-refractivity contribution is 0.249. The quantitative estimate of drug-likeness (QED) is 0.718. The molecule has 0 aromatic heterocycles. The number of nitriles is 1. The molecule has 1 aliphatic carbocycles. The van der Waals surface area contributed by atoms with E-state index in [2.05, 4.69) is 31.9 Å². The van der Waals surface area contributed by atoms with Gasteiger partial charge in [-0.25, -0.2) is 0 Å². The van der Waals surface area contributed by atoms with Crippen LogP contribution in [0.25, 0.3) is 0 Å². The fourth-order valence-corrected chi connectivity index (χ4v) is 2.09. The van der Waals surface area contributed by atoms with E-state index in [0.29, 0.717) is 23.8 Å². The van der Waals surface area contributed by atoms with E-state index in [9.17, 15) is 0 Å². The van der Waals surface area contributed by atoms with E-state index in [1.54, 1.807) is 0 Å². The first kappa shape index (κ1) is 13.5. The number of nitrogens with zero attached hydrogens (tertiary/aromatic N) is 2. The number of rotatable bonds is 7. The maximum Gasteiger partial charge on any atom is 0.0628 e. The predicted molar refractivity (Wildman–Crippen MR) is 66.8 cm³/mol. The Balaban J connectivity index is 2.21. The first-order valence-corrected chi connectivity index (χ1v) is 6.30. The Morgan fingerprint density at radius 1 is 1.44 bits per heavy atom. The molecule has 3 nitrogen and oxygen atoms in total. The molecular weight excluding hydrogens is 198 g/mol. The van der Waals surface area contributed by atoms with Gasteiger partial charge in [0.25, 0.3) is 0 Å². The molecule has 1 unspecified atom stereocenters. The minimum Gasteiger partial charge on any atom is -0.327 e. The van der Waals surface area contributed by atoms with Crippen molar-refractivity contribution >= 4 is 0 Å². The fourth-order valence-electron chi connectivity index (χ4n) is 2.09. The summed E-state index contributed by atoms with van der Waals surface area (Å²) in [7, 11) is 2.14. The van der Waals surface area contributed by atoms with E-state index in [-0.39, 0.29) is 0 Å². The minimum atomic E-state index is 0.300. The summed E-state index contributed by atoms with van der Waals surface area (Å²) >= 11 is 0. The van der Waals surface area contributed by atoms with Crippen molar-refractivity contribution in [1.82, 2.24) is 4.90 Å². The Hall–Kier alpha value is -0.590. The van der Waals surface area contributed by atoms with Gasteiger partial charge in [-0.2, -0.15) is 5.26 Å². The van der Waals surface area contributed by atoms with Gasteiger partial charge in [-0.05, 0) is 44.2 Å². The lowest BCUT2D eigenvalue weighted by atomic mass is 10.0. The van der Waals surface area contributed by atoms with Crippen LogP contribution in [-0.4, -0.2) is 31.1 Å². The standard InChI is InChI=1S/C13H25N3/c1-11(2)12(15)4-9-16(3)10-13(5-6-13)7-8-14/h11-12H,4-7,9-10,15H2,1-3H3. The highest BCUT2D eigenvalue weighted by molar-refractivity contribution is 5.00. The smallest absolute Gasteiger partial charge is 0.0628 e. The minimum absolute atomic E-state index is 0.300. The molecule has 0 aromatic carbocycles. The molecule has 3 heteroatoms. The molecule has 0 saturated heterocycles. The van der Waals surface area contributed by atoms with Crippen LogP contribution in [0.1, 0.15) is 39.5 Å². The monoisotopic (exact) mass is 223 g/mol. The van der Waals surface area contributed by atoms with E-state index < -0.39 is 0 Å². The molecular formula is C13H25N3. The number of nitrogens with two attached hydrogens (primary N) is 1. The molecule has 16 heavy (non-hydrogen) atoms. The summed E-state index contributed by atoms with van der Waals surface area (Å²) in [5, 5.41) is 8.76. The largest absolute Gasteiger partial charge is 0.327 e. The second kappa shape index (κ2) is 5.65. The predicted octanol–water partition coefficient (Wildman–Crippen LogP) is 1.99. The van der Waals surface area contributed by atoms with E-state index in [0.717, 1.165) is 19.5 Å². The Morgan fingerprint density at radius 2 is 2.06 bits per heavy atom. The fraction of sp³-hybridized carbons (Fsp3) is 0.923. The van der Waals surface area contributed by atoms with Crippen molar-refractivity contribution in [3.8, 4) is 6.07 Å². The van der Waals surface area contributed by atoms with Gasteiger partial charge >= 0.3 is 0 Å². The molecule has 0 amide bonds. The molecule has 0 aliphatic heterocycles. The molecule has 1 fully saturated rings. The van der Waals surface area contributed by atoms with Crippen molar-refractivity contribution in [2.75, 3.05) is 20.1 Å². The summed E-state index contributed by atoms with van der Waals surface area (Å²) in [5.74, 6) is 0.558. The van der Waals surface area contributed by atoms with Crippen molar-refractivity contribution in [2.45, 2.75) is 45.6 Å². The third kappa shape index (κ3) is 4.11. The zero-order valence-corrected chi connectivity index (χ0v) is 10.9. The van der Waals surface area contributed by atoms with E-state index >= 15 is 0 Å². The van der Waals surface area contributed by atoms with Crippen LogP contribution in [0.5, 0.6) is 0 Å². The van der Waals surface area contributed by atoms with Gasteiger partial charge in [0.05, 0.1) is 6.07 Å². The van der Waals surface area contributed by atoms with Gasteiger partial charge in [0.15, 0.2) is 0 Å². The Morgan fingerprint density at radius 3 is 2.50 bits per heavy atom. The van der Waals surface area contributed by atoms with Crippen molar-refractivity contribution in [2.24, 2.45) is 17.1 Å². The topological polar surface area (TPSA) is 53.0 Å².